The quantitative estimate of drug-likeness (QED) is 0.459. The van der Waals surface area contributed by atoms with Crippen molar-refractivity contribution in [2.45, 2.75) is 20.0 Å². The molecule has 0 unspecified atom stereocenters. The zero-order valence-corrected chi connectivity index (χ0v) is 19.6. The molecule has 3 rings (SSSR count). The average Bonchev–Trinajstić information content (AvgIpc) is 3.10. The third kappa shape index (κ3) is 4.09. The Balaban J connectivity index is 1.93. The second kappa shape index (κ2) is 8.96. The highest BCUT2D eigenvalue weighted by Gasteiger charge is 2.21. The molecule has 0 bridgehead atoms. The van der Waals surface area contributed by atoms with E-state index < -0.39 is 11.2 Å². The summed E-state index contributed by atoms with van der Waals surface area (Å²) in [4.78, 5) is 43.8. The minimum Gasteiger partial charge on any atom is -0.493 e. The van der Waals surface area contributed by atoms with Gasteiger partial charge in [0.15, 0.2) is 27.4 Å². The summed E-state index contributed by atoms with van der Waals surface area (Å²) in [5.74, 6) is 1.00. The SMILES string of the molecule is CCN(Cc1ccc(OC)c(OC)c1)C(=O)Cn1c(Br)nc2c(=O)n(C)c(=O)n(C)c21. The number of nitrogens with zero attached hydrogens (tertiary/aromatic N) is 5. The number of likely N-dealkylation sites (N-methyl/N-ethyl adjacent to an activating group) is 1. The third-order valence-corrected chi connectivity index (χ3v) is 5.75. The van der Waals surface area contributed by atoms with E-state index in [4.69, 9.17) is 9.47 Å². The van der Waals surface area contributed by atoms with E-state index in [0.29, 0.717) is 29.3 Å². The number of carbonyl (C=O) groups excluding carboxylic acids is 1. The Morgan fingerprint density at radius 2 is 1.81 bits per heavy atom. The number of rotatable bonds is 7. The fourth-order valence-corrected chi connectivity index (χ4v) is 3.88. The van der Waals surface area contributed by atoms with Gasteiger partial charge in [-0.1, -0.05) is 6.07 Å². The van der Waals surface area contributed by atoms with Gasteiger partial charge in [0, 0.05) is 27.2 Å². The fourth-order valence-electron chi connectivity index (χ4n) is 3.41. The monoisotopic (exact) mass is 493 g/mol. The molecule has 0 radical (unpaired) electrons. The smallest absolute Gasteiger partial charge is 0.332 e. The van der Waals surface area contributed by atoms with Crippen LogP contribution < -0.4 is 20.7 Å². The molecule has 1 aromatic carbocycles. The summed E-state index contributed by atoms with van der Waals surface area (Å²) in [6.07, 6.45) is 0. The number of ether oxygens (including phenoxy) is 2. The number of benzene rings is 1. The maximum Gasteiger partial charge on any atom is 0.332 e. The van der Waals surface area contributed by atoms with E-state index in [-0.39, 0.29) is 23.6 Å². The molecule has 0 aliphatic carbocycles. The molecule has 0 aliphatic rings. The zero-order valence-electron chi connectivity index (χ0n) is 18.0. The van der Waals surface area contributed by atoms with E-state index in [0.717, 1.165) is 10.1 Å². The number of halogens is 1. The van der Waals surface area contributed by atoms with Crippen LogP contribution in [0.5, 0.6) is 11.5 Å². The number of hydrogen-bond acceptors (Lipinski definition) is 6. The number of amides is 1. The number of aromatic nitrogens is 4. The molecule has 0 spiro atoms. The third-order valence-electron chi connectivity index (χ3n) is 5.14. The Hall–Kier alpha value is -3.08. The molecular weight excluding hydrogens is 470 g/mol. The molecule has 1 amide bonds. The molecule has 0 atom stereocenters. The van der Waals surface area contributed by atoms with Crippen LogP contribution in [-0.4, -0.2) is 50.3 Å². The lowest BCUT2D eigenvalue weighted by Crippen LogP contribution is -2.38. The lowest BCUT2D eigenvalue weighted by Gasteiger charge is -2.22. The van der Waals surface area contributed by atoms with Crippen molar-refractivity contribution in [3.63, 3.8) is 0 Å². The first-order chi connectivity index (χ1) is 14.7. The van der Waals surface area contributed by atoms with Crippen LogP contribution in [0.3, 0.4) is 0 Å². The molecule has 3 aromatic rings. The summed E-state index contributed by atoms with van der Waals surface area (Å²) in [5, 5.41) is 0. The number of imidazole rings is 1. The van der Waals surface area contributed by atoms with Gasteiger partial charge in [-0.25, -0.2) is 9.78 Å². The summed E-state index contributed by atoms with van der Waals surface area (Å²) < 4.78 is 14.7. The minimum atomic E-state index is -0.511. The fraction of sp³-hybridized carbons (Fsp3) is 0.400. The van der Waals surface area contributed by atoms with Crippen LogP contribution in [0.4, 0.5) is 0 Å². The number of hydrogen-bond donors (Lipinski definition) is 0. The van der Waals surface area contributed by atoms with Gasteiger partial charge >= 0.3 is 5.69 Å². The van der Waals surface area contributed by atoms with Crippen molar-refractivity contribution in [3.8, 4) is 11.5 Å². The van der Waals surface area contributed by atoms with E-state index in [1.807, 2.05) is 19.1 Å². The molecular formula is C20H24BrN5O5. The topological polar surface area (TPSA) is 101 Å². The summed E-state index contributed by atoms with van der Waals surface area (Å²) in [7, 11) is 6.05. The lowest BCUT2D eigenvalue weighted by molar-refractivity contribution is -0.132. The normalized spacial score (nSPS) is 11.0. The van der Waals surface area contributed by atoms with Crippen LogP contribution in [0.2, 0.25) is 0 Å². The summed E-state index contributed by atoms with van der Waals surface area (Å²) in [6.45, 7) is 2.63. The summed E-state index contributed by atoms with van der Waals surface area (Å²) in [5.41, 5.74) is 0.283. The highest BCUT2D eigenvalue weighted by atomic mass is 79.9. The van der Waals surface area contributed by atoms with Crippen LogP contribution >= 0.6 is 15.9 Å². The van der Waals surface area contributed by atoms with E-state index >= 15 is 0 Å². The molecule has 0 N–H and O–H groups in total. The van der Waals surface area contributed by atoms with Gasteiger partial charge in [0.2, 0.25) is 5.91 Å². The molecule has 2 aromatic heterocycles. The lowest BCUT2D eigenvalue weighted by atomic mass is 10.2. The molecule has 2 heterocycles. The molecule has 0 saturated carbocycles. The van der Waals surface area contributed by atoms with Crippen molar-refractivity contribution < 1.29 is 14.3 Å². The Morgan fingerprint density at radius 3 is 2.42 bits per heavy atom. The predicted octanol–water partition coefficient (Wildman–Crippen LogP) is 1.26. The van der Waals surface area contributed by atoms with Gasteiger partial charge in [-0.2, -0.15) is 0 Å². The molecule has 0 fully saturated rings. The van der Waals surface area contributed by atoms with Gasteiger partial charge in [-0.3, -0.25) is 23.3 Å². The van der Waals surface area contributed by atoms with Crippen molar-refractivity contribution in [2.24, 2.45) is 14.1 Å². The Kier molecular flexibility index (Phi) is 6.54. The van der Waals surface area contributed by atoms with Crippen LogP contribution in [0.15, 0.2) is 32.5 Å². The van der Waals surface area contributed by atoms with Gasteiger partial charge in [0.25, 0.3) is 5.56 Å². The standard InChI is InChI=1S/C20H24BrN5O5/c1-6-25(10-12-7-8-13(30-4)14(9-12)31-5)15(27)11-26-17-16(22-19(26)21)18(28)24(3)20(29)23(17)2/h7-9H,6,10-11H2,1-5H3. The minimum absolute atomic E-state index is 0.0847. The van der Waals surface area contributed by atoms with E-state index in [1.165, 1.54) is 16.2 Å². The van der Waals surface area contributed by atoms with Gasteiger partial charge in [-0.15, -0.1) is 0 Å². The molecule has 0 saturated heterocycles. The second-order valence-electron chi connectivity index (χ2n) is 6.94. The van der Waals surface area contributed by atoms with Crippen molar-refractivity contribution in [1.82, 2.24) is 23.6 Å². The van der Waals surface area contributed by atoms with E-state index in [1.54, 1.807) is 32.2 Å². The van der Waals surface area contributed by atoms with E-state index in [9.17, 15) is 14.4 Å². The van der Waals surface area contributed by atoms with Gasteiger partial charge in [0.1, 0.15) is 6.54 Å². The van der Waals surface area contributed by atoms with E-state index in [2.05, 4.69) is 20.9 Å². The predicted molar refractivity (Wildman–Crippen MR) is 119 cm³/mol. The van der Waals surface area contributed by atoms with Gasteiger partial charge in [-0.05, 0) is 40.5 Å². The molecule has 31 heavy (non-hydrogen) atoms. The molecule has 11 heteroatoms. The first-order valence-electron chi connectivity index (χ1n) is 9.53. The Bertz CT molecular complexity index is 1260. The second-order valence-corrected chi connectivity index (χ2v) is 7.65. The van der Waals surface area contributed by atoms with Gasteiger partial charge < -0.3 is 14.4 Å². The molecule has 0 aliphatic heterocycles. The first kappa shape index (κ1) is 22.6. The van der Waals surface area contributed by atoms with Crippen molar-refractivity contribution in [3.05, 3.63) is 49.3 Å². The number of carbonyl (C=O) groups is 1. The largest absolute Gasteiger partial charge is 0.493 e. The van der Waals surface area contributed by atoms with Crippen molar-refractivity contribution >= 4 is 33.0 Å². The Morgan fingerprint density at radius 1 is 1.13 bits per heavy atom. The highest BCUT2D eigenvalue weighted by Crippen LogP contribution is 2.28. The average molecular weight is 494 g/mol. The van der Waals surface area contributed by atoms with Crippen LogP contribution in [0.1, 0.15) is 12.5 Å². The number of aryl methyl sites for hydroxylation is 1. The highest BCUT2D eigenvalue weighted by molar-refractivity contribution is 9.10. The zero-order chi connectivity index (χ0) is 22.9. The summed E-state index contributed by atoms with van der Waals surface area (Å²) >= 11 is 3.32. The molecule has 166 valence electrons. The Labute approximate surface area is 186 Å². The number of methoxy groups -OCH3 is 2. The summed E-state index contributed by atoms with van der Waals surface area (Å²) in [6, 6.07) is 5.48. The van der Waals surface area contributed by atoms with Crippen molar-refractivity contribution in [2.75, 3.05) is 20.8 Å². The van der Waals surface area contributed by atoms with Crippen LogP contribution in [0, 0.1) is 0 Å². The number of fused-ring (bicyclic) bond motifs is 1. The van der Waals surface area contributed by atoms with Crippen LogP contribution in [-0.2, 0) is 32.0 Å². The van der Waals surface area contributed by atoms with Crippen LogP contribution in [0.25, 0.3) is 11.2 Å². The maximum atomic E-state index is 13.1. The van der Waals surface area contributed by atoms with Crippen molar-refractivity contribution in [1.29, 1.82) is 0 Å². The van der Waals surface area contributed by atoms with Gasteiger partial charge in [0.05, 0.1) is 14.2 Å². The molecule has 10 nitrogen and oxygen atoms in total. The first-order valence-corrected chi connectivity index (χ1v) is 10.3. The maximum absolute atomic E-state index is 13.1.